The lowest BCUT2D eigenvalue weighted by atomic mass is 10.2. The topological polar surface area (TPSA) is 50.4 Å². The van der Waals surface area contributed by atoms with Gasteiger partial charge in [0, 0.05) is 37.9 Å². The van der Waals surface area contributed by atoms with Crippen LogP contribution >= 0.6 is 11.3 Å². The van der Waals surface area contributed by atoms with E-state index in [9.17, 15) is 4.79 Å². The minimum atomic E-state index is 0.0599. The molecule has 0 radical (unpaired) electrons. The third-order valence-corrected chi connectivity index (χ3v) is 4.05. The van der Waals surface area contributed by atoms with E-state index in [0.717, 1.165) is 6.54 Å². The second-order valence-electron chi connectivity index (χ2n) is 4.53. The minimum Gasteiger partial charge on any atom is -0.383 e. The van der Waals surface area contributed by atoms with Gasteiger partial charge in [-0.25, -0.2) is 0 Å². The van der Waals surface area contributed by atoms with Crippen molar-refractivity contribution >= 4 is 27.3 Å². The highest BCUT2D eigenvalue weighted by Gasteiger charge is 2.03. The second kappa shape index (κ2) is 7.99. The van der Waals surface area contributed by atoms with E-state index in [-0.39, 0.29) is 5.91 Å². The SMILES string of the molecule is COCCNC(=O)CCNCc1csc2ccccc12. The summed E-state index contributed by atoms with van der Waals surface area (Å²) in [5, 5.41) is 9.60. The molecule has 0 fully saturated rings. The van der Waals surface area contributed by atoms with Gasteiger partial charge >= 0.3 is 0 Å². The molecule has 2 aromatic rings. The standard InChI is InChI=1S/C15H20N2O2S/c1-19-9-8-17-15(18)6-7-16-10-12-11-20-14-5-3-2-4-13(12)14/h2-5,11,16H,6-10H2,1H3,(H,17,18). The molecule has 0 aliphatic heterocycles. The molecule has 0 spiro atoms. The van der Waals surface area contributed by atoms with Gasteiger partial charge in [0.05, 0.1) is 6.61 Å². The van der Waals surface area contributed by atoms with Crippen molar-refractivity contribution in [1.82, 2.24) is 10.6 Å². The zero-order valence-corrected chi connectivity index (χ0v) is 12.5. The highest BCUT2D eigenvalue weighted by molar-refractivity contribution is 7.17. The lowest BCUT2D eigenvalue weighted by Crippen LogP contribution is -2.29. The summed E-state index contributed by atoms with van der Waals surface area (Å²) < 4.78 is 6.19. The van der Waals surface area contributed by atoms with Crippen molar-refractivity contribution in [3.8, 4) is 0 Å². The van der Waals surface area contributed by atoms with Gasteiger partial charge in [-0.1, -0.05) is 18.2 Å². The van der Waals surface area contributed by atoms with Crippen LogP contribution in [-0.4, -0.2) is 32.7 Å². The maximum atomic E-state index is 11.5. The summed E-state index contributed by atoms with van der Waals surface area (Å²) in [5.74, 6) is 0.0599. The van der Waals surface area contributed by atoms with Gasteiger partial charge in [0.15, 0.2) is 0 Å². The first-order valence-electron chi connectivity index (χ1n) is 6.72. The fourth-order valence-electron chi connectivity index (χ4n) is 1.98. The van der Waals surface area contributed by atoms with E-state index in [2.05, 4.69) is 40.3 Å². The number of ether oxygens (including phenoxy) is 1. The van der Waals surface area contributed by atoms with Crippen LogP contribution in [0.4, 0.5) is 0 Å². The smallest absolute Gasteiger partial charge is 0.221 e. The summed E-state index contributed by atoms with van der Waals surface area (Å²) in [4.78, 5) is 11.5. The molecule has 0 aliphatic carbocycles. The molecule has 4 nitrogen and oxygen atoms in total. The third-order valence-electron chi connectivity index (χ3n) is 3.03. The Kier molecular flexibility index (Phi) is 5.98. The van der Waals surface area contributed by atoms with E-state index in [0.29, 0.717) is 26.1 Å². The molecule has 108 valence electrons. The Morgan fingerprint density at radius 3 is 3.00 bits per heavy atom. The van der Waals surface area contributed by atoms with Crippen molar-refractivity contribution in [1.29, 1.82) is 0 Å². The quantitative estimate of drug-likeness (QED) is 0.733. The Morgan fingerprint density at radius 2 is 2.15 bits per heavy atom. The molecule has 20 heavy (non-hydrogen) atoms. The van der Waals surface area contributed by atoms with Crippen molar-refractivity contribution in [3.63, 3.8) is 0 Å². The summed E-state index contributed by atoms with van der Waals surface area (Å²) in [6, 6.07) is 8.38. The van der Waals surface area contributed by atoms with Crippen molar-refractivity contribution < 1.29 is 9.53 Å². The molecule has 1 heterocycles. The van der Waals surface area contributed by atoms with Crippen LogP contribution in [0.2, 0.25) is 0 Å². The van der Waals surface area contributed by atoms with Gasteiger partial charge in [0.1, 0.15) is 0 Å². The molecule has 1 amide bonds. The number of benzene rings is 1. The van der Waals surface area contributed by atoms with Crippen LogP contribution in [0.15, 0.2) is 29.6 Å². The van der Waals surface area contributed by atoms with E-state index in [4.69, 9.17) is 4.74 Å². The molecule has 0 unspecified atom stereocenters. The number of thiophene rings is 1. The van der Waals surface area contributed by atoms with Gasteiger partial charge in [-0.2, -0.15) is 0 Å². The molecule has 0 saturated heterocycles. The molecule has 1 aromatic heterocycles. The van der Waals surface area contributed by atoms with Gasteiger partial charge in [-0.3, -0.25) is 4.79 Å². The van der Waals surface area contributed by atoms with E-state index in [1.54, 1.807) is 18.4 Å². The van der Waals surface area contributed by atoms with Crippen molar-refractivity contribution in [2.45, 2.75) is 13.0 Å². The number of fused-ring (bicyclic) bond motifs is 1. The van der Waals surface area contributed by atoms with Crippen LogP contribution in [0.3, 0.4) is 0 Å². The van der Waals surface area contributed by atoms with Crippen LogP contribution in [0.1, 0.15) is 12.0 Å². The number of amides is 1. The molecule has 0 aliphatic rings. The van der Waals surface area contributed by atoms with Crippen LogP contribution in [0.25, 0.3) is 10.1 Å². The predicted octanol–water partition coefficient (Wildman–Crippen LogP) is 2.14. The largest absolute Gasteiger partial charge is 0.383 e. The fourth-order valence-corrected chi connectivity index (χ4v) is 2.94. The number of hydrogen-bond acceptors (Lipinski definition) is 4. The first kappa shape index (κ1) is 15.0. The summed E-state index contributed by atoms with van der Waals surface area (Å²) in [7, 11) is 1.62. The average Bonchev–Trinajstić information content (AvgIpc) is 2.87. The Balaban J connectivity index is 1.70. The van der Waals surface area contributed by atoms with Crippen molar-refractivity contribution in [2.75, 3.05) is 26.8 Å². The molecular weight excluding hydrogens is 272 g/mol. The van der Waals surface area contributed by atoms with E-state index >= 15 is 0 Å². The zero-order valence-electron chi connectivity index (χ0n) is 11.6. The molecule has 1 aromatic carbocycles. The number of carbonyl (C=O) groups is 1. The maximum absolute atomic E-state index is 11.5. The van der Waals surface area contributed by atoms with E-state index in [1.807, 2.05) is 0 Å². The minimum absolute atomic E-state index is 0.0599. The molecule has 0 bridgehead atoms. The molecule has 2 N–H and O–H groups in total. The van der Waals surface area contributed by atoms with E-state index < -0.39 is 0 Å². The Morgan fingerprint density at radius 1 is 1.30 bits per heavy atom. The molecule has 0 saturated carbocycles. The maximum Gasteiger partial charge on any atom is 0.221 e. The molecule has 0 atom stereocenters. The monoisotopic (exact) mass is 292 g/mol. The average molecular weight is 292 g/mol. The second-order valence-corrected chi connectivity index (χ2v) is 5.44. The number of hydrogen-bond donors (Lipinski definition) is 2. The number of rotatable bonds is 8. The van der Waals surface area contributed by atoms with E-state index in [1.165, 1.54) is 15.6 Å². The summed E-state index contributed by atoms with van der Waals surface area (Å²) in [6.07, 6.45) is 0.492. The molecule has 5 heteroatoms. The van der Waals surface area contributed by atoms with Crippen LogP contribution < -0.4 is 10.6 Å². The predicted molar refractivity (Wildman–Crippen MR) is 83.0 cm³/mol. The lowest BCUT2D eigenvalue weighted by molar-refractivity contribution is -0.121. The van der Waals surface area contributed by atoms with Crippen LogP contribution in [0.5, 0.6) is 0 Å². The first-order chi connectivity index (χ1) is 9.81. The van der Waals surface area contributed by atoms with Gasteiger partial charge in [0.2, 0.25) is 5.91 Å². The number of methoxy groups -OCH3 is 1. The zero-order chi connectivity index (χ0) is 14.2. The Hall–Kier alpha value is -1.43. The van der Waals surface area contributed by atoms with Crippen LogP contribution in [-0.2, 0) is 16.1 Å². The number of carbonyl (C=O) groups excluding carboxylic acids is 1. The van der Waals surface area contributed by atoms with Crippen molar-refractivity contribution in [3.05, 3.63) is 35.2 Å². The summed E-state index contributed by atoms with van der Waals surface area (Å²) in [6.45, 7) is 2.61. The molecular formula is C15H20N2O2S. The molecule has 2 rings (SSSR count). The van der Waals surface area contributed by atoms with Crippen LogP contribution in [0, 0.1) is 0 Å². The highest BCUT2D eigenvalue weighted by atomic mass is 32.1. The van der Waals surface area contributed by atoms with Gasteiger partial charge in [-0.05, 0) is 22.4 Å². The van der Waals surface area contributed by atoms with Gasteiger partial charge < -0.3 is 15.4 Å². The van der Waals surface area contributed by atoms with Gasteiger partial charge in [0.25, 0.3) is 0 Å². The normalized spacial score (nSPS) is 10.8. The lowest BCUT2D eigenvalue weighted by Gasteiger charge is -2.06. The Bertz CT molecular complexity index is 554. The van der Waals surface area contributed by atoms with Crippen molar-refractivity contribution in [2.24, 2.45) is 0 Å². The number of nitrogens with one attached hydrogen (secondary N) is 2. The summed E-state index contributed by atoms with van der Waals surface area (Å²) >= 11 is 1.76. The summed E-state index contributed by atoms with van der Waals surface area (Å²) in [5.41, 5.74) is 1.30. The Labute approximate surface area is 123 Å². The fraction of sp³-hybridized carbons (Fsp3) is 0.400. The van der Waals surface area contributed by atoms with Gasteiger partial charge in [-0.15, -0.1) is 11.3 Å². The first-order valence-corrected chi connectivity index (χ1v) is 7.60. The highest BCUT2D eigenvalue weighted by Crippen LogP contribution is 2.25. The third kappa shape index (κ3) is 4.30.